The maximum atomic E-state index is 11.8. The minimum absolute atomic E-state index is 0.166. The molecule has 1 aromatic carbocycles. The molecule has 0 saturated heterocycles. The highest BCUT2D eigenvalue weighted by Crippen LogP contribution is 2.16. The van der Waals surface area contributed by atoms with Crippen molar-refractivity contribution in [3.63, 3.8) is 0 Å². The van der Waals surface area contributed by atoms with Crippen LogP contribution in [0.3, 0.4) is 0 Å². The molecule has 0 radical (unpaired) electrons. The number of rotatable bonds is 5. The largest absolute Gasteiger partial charge is 0.478 e. The van der Waals surface area contributed by atoms with Gasteiger partial charge in [-0.25, -0.2) is 4.79 Å². The summed E-state index contributed by atoms with van der Waals surface area (Å²) >= 11 is 0. The van der Waals surface area contributed by atoms with Gasteiger partial charge in [-0.3, -0.25) is 9.59 Å². The molecular weight excluding hydrogens is 288 g/mol. The van der Waals surface area contributed by atoms with Gasteiger partial charge in [-0.05, 0) is 30.3 Å². The molecule has 112 valence electrons. The van der Waals surface area contributed by atoms with Crippen molar-refractivity contribution in [2.75, 3.05) is 10.6 Å². The Kier molecular flexibility index (Phi) is 4.71. The Bertz CT molecular complexity index is 719. The van der Waals surface area contributed by atoms with E-state index in [0.29, 0.717) is 11.4 Å². The molecule has 0 fully saturated rings. The highest BCUT2D eigenvalue weighted by atomic mass is 16.4. The fourth-order valence-electron chi connectivity index (χ4n) is 1.61. The zero-order chi connectivity index (χ0) is 15.9. The van der Waals surface area contributed by atoms with Crippen molar-refractivity contribution < 1.29 is 23.9 Å². The van der Waals surface area contributed by atoms with Gasteiger partial charge in [-0.1, -0.05) is 6.07 Å². The van der Waals surface area contributed by atoms with E-state index >= 15 is 0 Å². The zero-order valence-corrected chi connectivity index (χ0v) is 11.3. The fourth-order valence-corrected chi connectivity index (χ4v) is 1.61. The number of amides is 2. The second kappa shape index (κ2) is 6.89. The van der Waals surface area contributed by atoms with Gasteiger partial charge in [0.25, 0.3) is 5.91 Å². The Balaban J connectivity index is 2.02. The highest BCUT2D eigenvalue weighted by molar-refractivity contribution is 6.04. The van der Waals surface area contributed by atoms with Gasteiger partial charge in [0.05, 0.1) is 6.26 Å². The summed E-state index contributed by atoms with van der Waals surface area (Å²) in [6.07, 6.45) is 3.02. The summed E-state index contributed by atoms with van der Waals surface area (Å²) in [4.78, 5) is 33.6. The molecule has 0 aliphatic rings. The van der Waals surface area contributed by atoms with E-state index in [-0.39, 0.29) is 5.76 Å². The molecule has 7 heteroatoms. The molecule has 0 aliphatic carbocycles. The third-order valence-corrected chi connectivity index (χ3v) is 2.51. The summed E-state index contributed by atoms with van der Waals surface area (Å²) in [5.74, 6) is -2.05. The van der Waals surface area contributed by atoms with E-state index in [4.69, 9.17) is 9.52 Å². The third kappa shape index (κ3) is 4.34. The first-order chi connectivity index (χ1) is 10.5. The lowest BCUT2D eigenvalue weighted by Crippen LogP contribution is -2.12. The second-order valence-corrected chi connectivity index (χ2v) is 4.17. The Morgan fingerprint density at radius 1 is 1.00 bits per heavy atom. The van der Waals surface area contributed by atoms with Gasteiger partial charge in [0.15, 0.2) is 5.76 Å². The van der Waals surface area contributed by atoms with Crippen LogP contribution in [0.5, 0.6) is 0 Å². The van der Waals surface area contributed by atoms with E-state index in [0.717, 1.165) is 12.2 Å². The standard InChI is InChI=1S/C15H12N2O5/c18-13(6-7-14(19)20)16-10-3-1-4-11(9-10)17-15(21)12-5-2-8-22-12/h1-9H,(H,16,18)(H,17,21)(H,19,20)/b7-6+. The molecular formula is C15H12N2O5. The Morgan fingerprint density at radius 2 is 1.73 bits per heavy atom. The van der Waals surface area contributed by atoms with Crippen LogP contribution in [0, 0.1) is 0 Å². The van der Waals surface area contributed by atoms with Gasteiger partial charge in [0, 0.05) is 23.5 Å². The Labute approximate surface area is 125 Å². The zero-order valence-electron chi connectivity index (χ0n) is 11.3. The van der Waals surface area contributed by atoms with Gasteiger partial charge in [-0.2, -0.15) is 0 Å². The van der Waals surface area contributed by atoms with Crippen molar-refractivity contribution in [3.05, 3.63) is 60.6 Å². The average Bonchev–Trinajstić information content (AvgIpc) is 3.00. The van der Waals surface area contributed by atoms with E-state index in [1.165, 1.54) is 18.4 Å². The number of carbonyl (C=O) groups is 3. The minimum atomic E-state index is -1.21. The van der Waals surface area contributed by atoms with Crippen molar-refractivity contribution in [2.24, 2.45) is 0 Å². The van der Waals surface area contributed by atoms with Crippen LogP contribution in [-0.4, -0.2) is 22.9 Å². The topological polar surface area (TPSA) is 109 Å². The molecule has 1 heterocycles. The minimum Gasteiger partial charge on any atom is -0.478 e. The number of furan rings is 1. The number of carbonyl (C=O) groups excluding carboxylic acids is 2. The van der Waals surface area contributed by atoms with Crippen molar-refractivity contribution in [1.29, 1.82) is 0 Å². The summed E-state index contributed by atoms with van der Waals surface area (Å²) in [7, 11) is 0. The van der Waals surface area contributed by atoms with Crippen LogP contribution in [0.4, 0.5) is 11.4 Å². The molecule has 1 aromatic heterocycles. The predicted octanol–water partition coefficient (Wildman–Crippen LogP) is 2.11. The van der Waals surface area contributed by atoms with Crippen LogP contribution in [0.25, 0.3) is 0 Å². The summed E-state index contributed by atoms with van der Waals surface area (Å²) in [6.45, 7) is 0. The van der Waals surface area contributed by atoms with Crippen LogP contribution < -0.4 is 10.6 Å². The van der Waals surface area contributed by atoms with Crippen LogP contribution in [0.2, 0.25) is 0 Å². The Morgan fingerprint density at radius 3 is 2.36 bits per heavy atom. The van der Waals surface area contributed by atoms with Gasteiger partial charge in [0.2, 0.25) is 5.91 Å². The molecule has 22 heavy (non-hydrogen) atoms. The number of aliphatic carboxylic acids is 1. The van der Waals surface area contributed by atoms with Crippen molar-refractivity contribution in [3.8, 4) is 0 Å². The number of benzene rings is 1. The van der Waals surface area contributed by atoms with Crippen LogP contribution in [0.15, 0.2) is 59.2 Å². The summed E-state index contributed by atoms with van der Waals surface area (Å²) in [6, 6.07) is 9.54. The third-order valence-electron chi connectivity index (χ3n) is 2.51. The maximum absolute atomic E-state index is 11.8. The Hall–Kier alpha value is -3.35. The van der Waals surface area contributed by atoms with E-state index < -0.39 is 17.8 Å². The van der Waals surface area contributed by atoms with Gasteiger partial charge < -0.3 is 20.2 Å². The number of nitrogens with one attached hydrogen (secondary N) is 2. The van der Waals surface area contributed by atoms with E-state index in [9.17, 15) is 14.4 Å². The molecule has 2 rings (SSSR count). The normalized spacial score (nSPS) is 10.4. The number of hydrogen-bond donors (Lipinski definition) is 3. The van der Waals surface area contributed by atoms with Crippen molar-refractivity contribution in [2.45, 2.75) is 0 Å². The molecule has 2 amide bonds. The first-order valence-electron chi connectivity index (χ1n) is 6.21. The van der Waals surface area contributed by atoms with Crippen LogP contribution in [0.1, 0.15) is 10.6 Å². The average molecular weight is 300 g/mol. The molecule has 2 aromatic rings. The molecule has 7 nitrogen and oxygen atoms in total. The van der Waals surface area contributed by atoms with E-state index in [2.05, 4.69) is 10.6 Å². The second-order valence-electron chi connectivity index (χ2n) is 4.17. The van der Waals surface area contributed by atoms with Crippen LogP contribution in [-0.2, 0) is 9.59 Å². The number of carboxylic acids is 1. The van der Waals surface area contributed by atoms with Gasteiger partial charge >= 0.3 is 5.97 Å². The highest BCUT2D eigenvalue weighted by Gasteiger charge is 2.09. The van der Waals surface area contributed by atoms with Crippen molar-refractivity contribution >= 4 is 29.2 Å². The van der Waals surface area contributed by atoms with Crippen LogP contribution >= 0.6 is 0 Å². The lowest BCUT2D eigenvalue weighted by molar-refractivity contribution is -0.131. The quantitative estimate of drug-likeness (QED) is 0.733. The van der Waals surface area contributed by atoms with Gasteiger partial charge in [-0.15, -0.1) is 0 Å². The summed E-state index contributed by atoms with van der Waals surface area (Å²) in [5, 5.41) is 13.5. The van der Waals surface area contributed by atoms with Crippen molar-refractivity contribution in [1.82, 2.24) is 0 Å². The number of hydrogen-bond acceptors (Lipinski definition) is 4. The monoisotopic (exact) mass is 300 g/mol. The smallest absolute Gasteiger partial charge is 0.328 e. The summed E-state index contributed by atoms with van der Waals surface area (Å²) in [5.41, 5.74) is 0.874. The molecule has 0 bridgehead atoms. The fraction of sp³-hybridized carbons (Fsp3) is 0. The molecule has 3 N–H and O–H groups in total. The lowest BCUT2D eigenvalue weighted by atomic mass is 10.2. The first kappa shape index (κ1) is 15.0. The molecule has 0 spiro atoms. The molecule has 0 atom stereocenters. The van der Waals surface area contributed by atoms with E-state index in [1.807, 2.05) is 0 Å². The SMILES string of the molecule is O=C(O)/C=C/C(=O)Nc1cccc(NC(=O)c2ccco2)c1. The predicted molar refractivity (Wildman–Crippen MR) is 78.5 cm³/mol. The molecule has 0 unspecified atom stereocenters. The molecule has 0 saturated carbocycles. The number of carboxylic acid groups (broad SMARTS) is 1. The lowest BCUT2D eigenvalue weighted by Gasteiger charge is -2.06. The van der Waals surface area contributed by atoms with E-state index in [1.54, 1.807) is 24.3 Å². The first-order valence-corrected chi connectivity index (χ1v) is 6.21. The summed E-state index contributed by atoms with van der Waals surface area (Å²) < 4.78 is 4.97. The van der Waals surface area contributed by atoms with Gasteiger partial charge in [0.1, 0.15) is 0 Å². The number of anilines is 2. The maximum Gasteiger partial charge on any atom is 0.328 e. The molecule has 0 aliphatic heterocycles.